The Balaban J connectivity index is 2.01. The van der Waals surface area contributed by atoms with Crippen LogP contribution in [0.4, 0.5) is 0 Å². The Morgan fingerprint density at radius 2 is 2.20 bits per heavy atom. The van der Waals surface area contributed by atoms with Crippen molar-refractivity contribution < 1.29 is 9.47 Å². The lowest BCUT2D eigenvalue weighted by Crippen LogP contribution is -2.31. The zero-order valence-corrected chi connectivity index (χ0v) is 9.19. The molecule has 1 aromatic carbocycles. The third-order valence-corrected chi connectivity index (χ3v) is 2.47. The van der Waals surface area contributed by atoms with Gasteiger partial charge < -0.3 is 20.1 Å². The largest absolute Gasteiger partial charge is 0.454 e. The van der Waals surface area contributed by atoms with E-state index in [4.69, 9.17) is 21.7 Å². The van der Waals surface area contributed by atoms with Gasteiger partial charge in [0.05, 0.1) is 0 Å². The number of ether oxygens (including phenoxy) is 2. The molecule has 15 heavy (non-hydrogen) atoms. The molecule has 1 heterocycles. The maximum Gasteiger partial charge on any atom is 0.231 e. The second-order valence-corrected chi connectivity index (χ2v) is 3.53. The van der Waals surface area contributed by atoms with E-state index in [1.807, 2.05) is 18.2 Å². The van der Waals surface area contributed by atoms with E-state index in [2.05, 4.69) is 10.6 Å². The zero-order valence-electron chi connectivity index (χ0n) is 8.37. The molecular formula is C10H12N2O2S. The number of thiocarbonyl (C=S) groups is 1. The molecule has 0 saturated heterocycles. The molecule has 0 spiro atoms. The maximum absolute atomic E-state index is 5.27. The van der Waals surface area contributed by atoms with E-state index in [1.54, 1.807) is 7.05 Å². The Bertz CT molecular complexity index is 382. The van der Waals surface area contributed by atoms with E-state index >= 15 is 0 Å². The van der Waals surface area contributed by atoms with Crippen LogP contribution in [0.3, 0.4) is 0 Å². The van der Waals surface area contributed by atoms with Crippen LogP contribution in [-0.4, -0.2) is 19.0 Å². The van der Waals surface area contributed by atoms with Gasteiger partial charge in [-0.3, -0.25) is 0 Å². The minimum absolute atomic E-state index is 0.307. The predicted octanol–water partition coefficient (Wildman–Crippen LogP) is 1.01. The molecule has 0 saturated carbocycles. The summed E-state index contributed by atoms with van der Waals surface area (Å²) in [5.41, 5.74) is 1.11. The molecule has 0 aromatic heterocycles. The van der Waals surface area contributed by atoms with Crippen LogP contribution in [0.25, 0.3) is 0 Å². The van der Waals surface area contributed by atoms with Crippen LogP contribution >= 0.6 is 12.2 Å². The standard InChI is InChI=1S/C10H12N2O2S/c1-11-10(15)12-5-7-2-3-8-9(4-7)14-6-13-8/h2-4H,5-6H2,1H3,(H2,11,12,15). The van der Waals surface area contributed by atoms with E-state index in [0.717, 1.165) is 17.1 Å². The highest BCUT2D eigenvalue weighted by molar-refractivity contribution is 7.80. The molecule has 0 bridgehead atoms. The number of fused-ring (bicyclic) bond motifs is 1. The second kappa shape index (κ2) is 4.35. The van der Waals surface area contributed by atoms with Crippen molar-refractivity contribution in [2.45, 2.75) is 6.54 Å². The van der Waals surface area contributed by atoms with Crippen molar-refractivity contribution in [2.24, 2.45) is 0 Å². The molecule has 0 fully saturated rings. The lowest BCUT2D eigenvalue weighted by Gasteiger charge is -2.07. The summed E-state index contributed by atoms with van der Waals surface area (Å²) >= 11 is 4.98. The highest BCUT2D eigenvalue weighted by Gasteiger charge is 2.12. The van der Waals surface area contributed by atoms with E-state index in [9.17, 15) is 0 Å². The topological polar surface area (TPSA) is 42.5 Å². The van der Waals surface area contributed by atoms with Gasteiger partial charge in [-0.05, 0) is 29.9 Å². The van der Waals surface area contributed by atoms with Crippen LogP contribution in [0, 0.1) is 0 Å². The fourth-order valence-electron chi connectivity index (χ4n) is 1.32. The van der Waals surface area contributed by atoms with Crippen LogP contribution in [0.2, 0.25) is 0 Å². The lowest BCUT2D eigenvalue weighted by atomic mass is 10.2. The van der Waals surface area contributed by atoms with Crippen molar-refractivity contribution in [3.05, 3.63) is 23.8 Å². The van der Waals surface area contributed by atoms with Crippen LogP contribution in [0.5, 0.6) is 11.5 Å². The average Bonchev–Trinajstić information content (AvgIpc) is 2.72. The molecule has 0 unspecified atom stereocenters. The summed E-state index contributed by atoms with van der Waals surface area (Å²) in [6.07, 6.45) is 0. The Kier molecular flexibility index (Phi) is 2.91. The van der Waals surface area contributed by atoms with Gasteiger partial charge >= 0.3 is 0 Å². The fourth-order valence-corrected chi connectivity index (χ4v) is 1.39. The van der Waals surface area contributed by atoms with Gasteiger partial charge in [0, 0.05) is 13.6 Å². The Hall–Kier alpha value is -1.49. The monoisotopic (exact) mass is 224 g/mol. The van der Waals surface area contributed by atoms with E-state index in [1.165, 1.54) is 0 Å². The number of nitrogens with one attached hydrogen (secondary N) is 2. The van der Waals surface area contributed by atoms with Gasteiger partial charge in [-0.1, -0.05) is 6.07 Å². The summed E-state index contributed by atoms with van der Waals surface area (Å²) in [6, 6.07) is 5.84. The minimum atomic E-state index is 0.307. The van der Waals surface area contributed by atoms with E-state index in [0.29, 0.717) is 18.5 Å². The predicted molar refractivity (Wildman–Crippen MR) is 61.1 cm³/mol. The third kappa shape index (κ3) is 2.30. The maximum atomic E-state index is 5.27. The van der Waals surface area contributed by atoms with Crippen molar-refractivity contribution in [3.8, 4) is 11.5 Å². The Labute approximate surface area is 93.6 Å². The van der Waals surface area contributed by atoms with Gasteiger partial charge in [0.1, 0.15) is 0 Å². The summed E-state index contributed by atoms with van der Waals surface area (Å²) in [4.78, 5) is 0. The quantitative estimate of drug-likeness (QED) is 0.734. The molecule has 4 nitrogen and oxygen atoms in total. The van der Waals surface area contributed by atoms with Crippen molar-refractivity contribution >= 4 is 17.3 Å². The second-order valence-electron chi connectivity index (χ2n) is 3.12. The number of benzene rings is 1. The molecule has 0 aliphatic carbocycles. The van der Waals surface area contributed by atoms with Gasteiger partial charge in [0.2, 0.25) is 6.79 Å². The van der Waals surface area contributed by atoms with Crippen molar-refractivity contribution in [2.75, 3.05) is 13.8 Å². The summed E-state index contributed by atoms with van der Waals surface area (Å²) in [5.74, 6) is 1.60. The van der Waals surface area contributed by atoms with Gasteiger partial charge in [-0.2, -0.15) is 0 Å². The van der Waals surface area contributed by atoms with Crippen molar-refractivity contribution in [1.29, 1.82) is 0 Å². The molecule has 0 atom stereocenters. The fraction of sp³-hybridized carbons (Fsp3) is 0.300. The number of rotatable bonds is 2. The summed E-state index contributed by atoms with van der Waals surface area (Å²) in [7, 11) is 1.79. The summed E-state index contributed by atoms with van der Waals surface area (Å²) in [5, 5.41) is 6.55. The first-order valence-corrected chi connectivity index (χ1v) is 5.04. The smallest absolute Gasteiger partial charge is 0.231 e. The molecular weight excluding hydrogens is 212 g/mol. The van der Waals surface area contributed by atoms with E-state index in [-0.39, 0.29) is 0 Å². The highest BCUT2D eigenvalue weighted by atomic mass is 32.1. The Morgan fingerprint density at radius 1 is 1.40 bits per heavy atom. The zero-order chi connectivity index (χ0) is 10.7. The minimum Gasteiger partial charge on any atom is -0.454 e. The molecule has 1 aliphatic rings. The van der Waals surface area contributed by atoms with Gasteiger partial charge in [-0.15, -0.1) is 0 Å². The first-order chi connectivity index (χ1) is 7.29. The summed E-state index contributed by atoms with van der Waals surface area (Å²) < 4.78 is 10.5. The molecule has 0 radical (unpaired) electrons. The number of hydrogen-bond donors (Lipinski definition) is 2. The van der Waals surface area contributed by atoms with Gasteiger partial charge in [0.25, 0.3) is 0 Å². The van der Waals surface area contributed by atoms with Crippen LogP contribution in [0.15, 0.2) is 18.2 Å². The lowest BCUT2D eigenvalue weighted by molar-refractivity contribution is 0.174. The van der Waals surface area contributed by atoms with Crippen molar-refractivity contribution in [3.63, 3.8) is 0 Å². The molecule has 0 amide bonds. The van der Waals surface area contributed by atoms with Gasteiger partial charge in [0.15, 0.2) is 16.6 Å². The first kappa shape index (κ1) is 10.0. The first-order valence-electron chi connectivity index (χ1n) is 4.63. The number of hydrogen-bond acceptors (Lipinski definition) is 3. The molecule has 1 aromatic rings. The molecule has 5 heteroatoms. The third-order valence-electron chi connectivity index (χ3n) is 2.12. The average molecular weight is 224 g/mol. The molecule has 1 aliphatic heterocycles. The Morgan fingerprint density at radius 3 is 3.00 bits per heavy atom. The van der Waals surface area contributed by atoms with Crippen LogP contribution in [-0.2, 0) is 6.54 Å². The molecule has 80 valence electrons. The summed E-state index contributed by atoms with van der Waals surface area (Å²) in [6.45, 7) is 0.984. The highest BCUT2D eigenvalue weighted by Crippen LogP contribution is 2.32. The molecule has 2 rings (SSSR count). The van der Waals surface area contributed by atoms with Crippen molar-refractivity contribution in [1.82, 2.24) is 10.6 Å². The van der Waals surface area contributed by atoms with Crippen LogP contribution < -0.4 is 20.1 Å². The van der Waals surface area contributed by atoms with Crippen LogP contribution in [0.1, 0.15) is 5.56 Å². The van der Waals surface area contributed by atoms with Gasteiger partial charge in [-0.25, -0.2) is 0 Å². The SMILES string of the molecule is CNC(=S)NCc1ccc2c(c1)OCO2. The normalized spacial score (nSPS) is 12.3. The molecule has 2 N–H and O–H groups in total. The van der Waals surface area contributed by atoms with E-state index < -0.39 is 0 Å².